The van der Waals surface area contributed by atoms with E-state index in [1.165, 1.54) is 24.6 Å². The molecule has 8 heteroatoms. The number of nitrogens with zero attached hydrogens (tertiary/aromatic N) is 5. The highest BCUT2D eigenvalue weighted by Gasteiger charge is 2.18. The number of rotatable bonds is 4. The van der Waals surface area contributed by atoms with Crippen LogP contribution in [0.2, 0.25) is 0 Å². The summed E-state index contributed by atoms with van der Waals surface area (Å²) < 4.78 is 0.934. The van der Waals surface area contributed by atoms with Crippen molar-refractivity contribution in [3.8, 4) is 0 Å². The lowest BCUT2D eigenvalue weighted by molar-refractivity contribution is 0.829. The van der Waals surface area contributed by atoms with Crippen molar-refractivity contribution < 1.29 is 0 Å². The second kappa shape index (κ2) is 6.57. The summed E-state index contributed by atoms with van der Waals surface area (Å²) in [5, 5.41) is 4.49. The Kier molecular flexibility index (Phi) is 4.54. The van der Waals surface area contributed by atoms with E-state index < -0.39 is 0 Å². The van der Waals surface area contributed by atoms with Gasteiger partial charge < -0.3 is 10.2 Å². The molecule has 3 heterocycles. The van der Waals surface area contributed by atoms with Crippen LogP contribution in [0.1, 0.15) is 12.8 Å². The van der Waals surface area contributed by atoms with Gasteiger partial charge in [-0.1, -0.05) is 0 Å². The van der Waals surface area contributed by atoms with Crippen LogP contribution in [0.15, 0.2) is 33.0 Å². The molecular weight excluding hydrogens is 352 g/mol. The van der Waals surface area contributed by atoms with E-state index in [0.29, 0.717) is 11.1 Å². The van der Waals surface area contributed by atoms with Gasteiger partial charge in [-0.25, -0.2) is 4.98 Å². The Labute approximate surface area is 135 Å². The number of pyridine rings is 1. The van der Waals surface area contributed by atoms with E-state index in [-0.39, 0.29) is 0 Å². The fraction of sp³-hybridized carbons (Fsp3) is 0.385. The molecule has 0 saturated carbocycles. The molecule has 1 aliphatic heterocycles. The molecule has 0 radical (unpaired) electrons. The molecule has 110 valence electrons. The predicted octanol–water partition coefficient (Wildman–Crippen LogP) is 2.82. The number of aromatic nitrogens is 4. The highest BCUT2D eigenvalue weighted by atomic mass is 79.9. The summed E-state index contributed by atoms with van der Waals surface area (Å²) in [5.74, 6) is 1.32. The van der Waals surface area contributed by atoms with Gasteiger partial charge in [-0.05, 0) is 52.7 Å². The predicted molar refractivity (Wildman–Crippen MR) is 86.9 cm³/mol. The summed E-state index contributed by atoms with van der Waals surface area (Å²) in [5.41, 5.74) is 0. The van der Waals surface area contributed by atoms with Crippen molar-refractivity contribution in [1.29, 1.82) is 0 Å². The summed E-state index contributed by atoms with van der Waals surface area (Å²) in [7, 11) is 1.81. The number of halogens is 1. The molecule has 3 rings (SSSR count). The Hall–Kier alpha value is -1.41. The van der Waals surface area contributed by atoms with E-state index in [4.69, 9.17) is 0 Å². The lowest BCUT2D eigenvalue weighted by Crippen LogP contribution is -2.21. The maximum Gasteiger partial charge on any atom is 0.231 e. The SMILES string of the molecule is CNc1nc(Sc2ncccc2Br)nc(N2CCCC2)n1. The van der Waals surface area contributed by atoms with Crippen molar-refractivity contribution in [2.45, 2.75) is 23.0 Å². The number of hydrogen-bond acceptors (Lipinski definition) is 7. The lowest BCUT2D eigenvalue weighted by Gasteiger charge is -2.16. The molecule has 1 saturated heterocycles. The average molecular weight is 367 g/mol. The van der Waals surface area contributed by atoms with Crippen LogP contribution < -0.4 is 10.2 Å². The fourth-order valence-electron chi connectivity index (χ4n) is 2.09. The molecule has 0 spiro atoms. The molecule has 0 amide bonds. The first-order valence-electron chi connectivity index (χ1n) is 6.73. The van der Waals surface area contributed by atoms with E-state index in [9.17, 15) is 0 Å². The fourth-order valence-corrected chi connectivity index (χ4v) is 3.30. The molecule has 0 aromatic carbocycles. The van der Waals surface area contributed by atoms with Crippen LogP contribution in [0.3, 0.4) is 0 Å². The summed E-state index contributed by atoms with van der Waals surface area (Å²) in [4.78, 5) is 19.9. The van der Waals surface area contributed by atoms with Crippen molar-refractivity contribution in [1.82, 2.24) is 19.9 Å². The molecule has 6 nitrogen and oxygen atoms in total. The van der Waals surface area contributed by atoms with Gasteiger partial charge >= 0.3 is 0 Å². The zero-order chi connectivity index (χ0) is 14.7. The smallest absolute Gasteiger partial charge is 0.231 e. The molecule has 0 atom stereocenters. The normalized spacial score (nSPS) is 14.5. The number of hydrogen-bond donors (Lipinski definition) is 1. The third-order valence-corrected chi connectivity index (χ3v) is 4.91. The van der Waals surface area contributed by atoms with Gasteiger partial charge in [0.25, 0.3) is 0 Å². The quantitative estimate of drug-likeness (QED) is 0.891. The Balaban J connectivity index is 1.90. The first-order valence-corrected chi connectivity index (χ1v) is 8.34. The van der Waals surface area contributed by atoms with E-state index in [2.05, 4.69) is 46.1 Å². The third kappa shape index (κ3) is 3.44. The van der Waals surface area contributed by atoms with Crippen molar-refractivity contribution in [2.24, 2.45) is 0 Å². The van der Waals surface area contributed by atoms with Gasteiger partial charge in [-0.3, -0.25) is 0 Å². The molecule has 2 aromatic heterocycles. The minimum Gasteiger partial charge on any atom is -0.357 e. The molecule has 2 aromatic rings. The molecular formula is C13H15BrN6S. The van der Waals surface area contributed by atoms with Gasteiger partial charge in [-0.15, -0.1) is 0 Å². The number of nitrogens with one attached hydrogen (secondary N) is 1. The van der Waals surface area contributed by atoms with Crippen LogP contribution >= 0.6 is 27.7 Å². The first-order chi connectivity index (χ1) is 10.3. The van der Waals surface area contributed by atoms with Crippen LogP contribution in [-0.2, 0) is 0 Å². The van der Waals surface area contributed by atoms with Crippen LogP contribution in [0, 0.1) is 0 Å². The van der Waals surface area contributed by atoms with E-state index in [1.54, 1.807) is 6.20 Å². The minimum atomic E-state index is 0.585. The van der Waals surface area contributed by atoms with Gasteiger partial charge in [0.1, 0.15) is 5.03 Å². The monoisotopic (exact) mass is 366 g/mol. The van der Waals surface area contributed by atoms with Gasteiger partial charge in [0.15, 0.2) is 0 Å². The van der Waals surface area contributed by atoms with Gasteiger partial charge in [0, 0.05) is 26.3 Å². The van der Waals surface area contributed by atoms with Crippen molar-refractivity contribution >= 4 is 39.6 Å². The first kappa shape index (κ1) is 14.5. The Bertz CT molecular complexity index is 632. The third-order valence-electron chi connectivity index (χ3n) is 3.13. The van der Waals surface area contributed by atoms with Gasteiger partial charge in [-0.2, -0.15) is 15.0 Å². The highest BCUT2D eigenvalue weighted by molar-refractivity contribution is 9.10. The average Bonchev–Trinajstić information content (AvgIpc) is 3.04. The van der Waals surface area contributed by atoms with E-state index in [1.807, 2.05) is 19.2 Å². The summed E-state index contributed by atoms with van der Waals surface area (Å²) in [6, 6.07) is 3.84. The minimum absolute atomic E-state index is 0.585. The second-order valence-corrected chi connectivity index (χ2v) is 6.39. The van der Waals surface area contributed by atoms with Crippen molar-refractivity contribution in [3.63, 3.8) is 0 Å². The van der Waals surface area contributed by atoms with E-state index >= 15 is 0 Å². The number of anilines is 2. The second-order valence-electron chi connectivity index (χ2n) is 4.58. The molecule has 0 unspecified atom stereocenters. The summed E-state index contributed by atoms with van der Waals surface area (Å²) in [6.07, 6.45) is 4.14. The van der Waals surface area contributed by atoms with Crippen LogP contribution in [0.5, 0.6) is 0 Å². The van der Waals surface area contributed by atoms with E-state index in [0.717, 1.165) is 28.5 Å². The highest BCUT2D eigenvalue weighted by Crippen LogP contribution is 2.30. The van der Waals surface area contributed by atoms with Crippen molar-refractivity contribution in [2.75, 3.05) is 30.4 Å². The molecule has 1 aliphatic rings. The van der Waals surface area contributed by atoms with Crippen LogP contribution in [0.25, 0.3) is 0 Å². The van der Waals surface area contributed by atoms with Crippen molar-refractivity contribution in [3.05, 3.63) is 22.8 Å². The van der Waals surface area contributed by atoms with Crippen LogP contribution in [0.4, 0.5) is 11.9 Å². The largest absolute Gasteiger partial charge is 0.357 e. The standard InChI is InChI=1S/C13H15BrN6S/c1-15-11-17-12(20-7-2-3-8-20)19-13(18-11)21-10-9(14)5-4-6-16-10/h4-6H,2-3,7-8H2,1H3,(H,15,17,18,19). The Morgan fingerprint density at radius 2 is 2.05 bits per heavy atom. The van der Waals surface area contributed by atoms with Gasteiger partial charge in [0.2, 0.25) is 17.1 Å². The summed E-state index contributed by atoms with van der Waals surface area (Å²) >= 11 is 4.92. The summed E-state index contributed by atoms with van der Waals surface area (Å²) in [6.45, 7) is 2.01. The Morgan fingerprint density at radius 1 is 1.24 bits per heavy atom. The van der Waals surface area contributed by atoms with Gasteiger partial charge in [0.05, 0.1) is 4.47 Å². The Morgan fingerprint density at radius 3 is 2.76 bits per heavy atom. The maximum absolute atomic E-state index is 4.57. The molecule has 1 N–H and O–H groups in total. The topological polar surface area (TPSA) is 66.8 Å². The molecule has 1 fully saturated rings. The molecule has 0 bridgehead atoms. The zero-order valence-electron chi connectivity index (χ0n) is 11.6. The zero-order valence-corrected chi connectivity index (χ0v) is 14.0. The molecule has 0 aliphatic carbocycles. The molecule has 21 heavy (non-hydrogen) atoms. The maximum atomic E-state index is 4.57. The van der Waals surface area contributed by atoms with Crippen LogP contribution in [-0.4, -0.2) is 40.1 Å². The lowest BCUT2D eigenvalue weighted by atomic mass is 10.4.